The number of amides is 2. The van der Waals surface area contributed by atoms with Gasteiger partial charge in [-0.3, -0.25) is 14.3 Å². The molecule has 2 amide bonds. The van der Waals surface area contributed by atoms with Gasteiger partial charge in [0.05, 0.1) is 11.7 Å². The van der Waals surface area contributed by atoms with Gasteiger partial charge < -0.3 is 14.7 Å². The molecule has 10 nitrogen and oxygen atoms in total. The number of rotatable bonds is 6. The molecule has 0 bridgehead atoms. The second-order valence-electron chi connectivity index (χ2n) is 7.45. The molecule has 11 heteroatoms. The number of aryl methyl sites for hydroxylation is 1. The Hall–Kier alpha value is -3.79. The van der Waals surface area contributed by atoms with Crippen molar-refractivity contribution in [2.75, 3.05) is 14.1 Å². The van der Waals surface area contributed by atoms with Crippen molar-refractivity contribution >= 4 is 34.3 Å². The van der Waals surface area contributed by atoms with E-state index < -0.39 is 5.91 Å². The lowest BCUT2D eigenvalue weighted by atomic mass is 10.1. The van der Waals surface area contributed by atoms with Gasteiger partial charge in [0.1, 0.15) is 5.69 Å². The number of nitrogens with zero attached hydrogens (tertiary/aromatic N) is 6. The van der Waals surface area contributed by atoms with Crippen LogP contribution in [0, 0.1) is 6.92 Å². The number of halogens is 1. The number of hydrogen-bond donors (Lipinski definition) is 1. The first-order chi connectivity index (χ1) is 15.8. The highest BCUT2D eigenvalue weighted by atomic mass is 35.5. The van der Waals surface area contributed by atoms with E-state index in [1.54, 1.807) is 36.3 Å². The molecule has 4 aromatic rings. The molecule has 0 atom stereocenters. The molecule has 3 aromatic heterocycles. The third-order valence-electron chi connectivity index (χ3n) is 5.31. The Bertz CT molecular complexity index is 1360. The Labute approximate surface area is 194 Å². The molecule has 3 heterocycles. The van der Waals surface area contributed by atoms with Crippen molar-refractivity contribution in [3.8, 4) is 11.5 Å². The molecule has 33 heavy (non-hydrogen) atoms. The molecule has 0 spiro atoms. The maximum absolute atomic E-state index is 13.5. The number of carbonyl (C=O) groups excluding carboxylic acids is 2. The molecular formula is C22H22ClN7O3. The second kappa shape index (κ2) is 8.99. The molecule has 4 rings (SSSR count). The second-order valence-corrected chi connectivity index (χ2v) is 7.88. The van der Waals surface area contributed by atoms with Crippen molar-refractivity contribution in [1.82, 2.24) is 35.1 Å². The van der Waals surface area contributed by atoms with Crippen molar-refractivity contribution in [3.63, 3.8) is 0 Å². The van der Waals surface area contributed by atoms with Crippen LogP contribution in [0.5, 0.6) is 0 Å². The van der Waals surface area contributed by atoms with Crippen LogP contribution in [-0.4, -0.2) is 55.7 Å². The standard InChI is InChI=1S/C22H22ClN7O3/c1-5-30-12(2)13(10-25-30)11-29(4)22(32)19-15-8-14(23)6-7-16(15)26-20(27-19)17-9-18(33-28-17)21(31)24-3/h6-10H,5,11H2,1-4H3,(H,24,31). The van der Waals surface area contributed by atoms with Crippen LogP contribution in [0.2, 0.25) is 5.02 Å². The zero-order valence-electron chi connectivity index (χ0n) is 18.6. The summed E-state index contributed by atoms with van der Waals surface area (Å²) in [7, 11) is 3.18. The van der Waals surface area contributed by atoms with Crippen molar-refractivity contribution in [2.45, 2.75) is 26.9 Å². The maximum atomic E-state index is 13.5. The normalized spacial score (nSPS) is 11.1. The summed E-state index contributed by atoms with van der Waals surface area (Å²) >= 11 is 6.19. The first kappa shape index (κ1) is 22.4. The zero-order chi connectivity index (χ0) is 23.7. The Balaban J connectivity index is 1.75. The Kier molecular flexibility index (Phi) is 6.10. The van der Waals surface area contributed by atoms with Crippen LogP contribution in [0.1, 0.15) is 39.2 Å². The van der Waals surface area contributed by atoms with Crippen molar-refractivity contribution < 1.29 is 14.1 Å². The van der Waals surface area contributed by atoms with E-state index in [4.69, 9.17) is 16.1 Å². The maximum Gasteiger partial charge on any atom is 0.289 e. The molecule has 1 N–H and O–H groups in total. The van der Waals surface area contributed by atoms with Crippen LogP contribution in [0.3, 0.4) is 0 Å². The predicted molar refractivity (Wildman–Crippen MR) is 122 cm³/mol. The minimum absolute atomic E-state index is 0.0145. The van der Waals surface area contributed by atoms with Gasteiger partial charge in [-0.1, -0.05) is 16.8 Å². The minimum Gasteiger partial charge on any atom is -0.352 e. The topological polar surface area (TPSA) is 119 Å². The fourth-order valence-corrected chi connectivity index (χ4v) is 3.63. The minimum atomic E-state index is -0.430. The number of hydrogen-bond acceptors (Lipinski definition) is 7. The number of benzene rings is 1. The summed E-state index contributed by atoms with van der Waals surface area (Å²) in [6, 6.07) is 6.46. The zero-order valence-corrected chi connectivity index (χ0v) is 19.3. The van der Waals surface area contributed by atoms with Gasteiger partial charge in [0.15, 0.2) is 11.5 Å². The summed E-state index contributed by atoms with van der Waals surface area (Å²) in [6.07, 6.45) is 1.76. The fraction of sp³-hybridized carbons (Fsp3) is 0.273. The van der Waals surface area contributed by atoms with Crippen LogP contribution < -0.4 is 5.32 Å². The van der Waals surface area contributed by atoms with Gasteiger partial charge in [-0.25, -0.2) is 9.97 Å². The highest BCUT2D eigenvalue weighted by Gasteiger charge is 2.23. The molecule has 0 fully saturated rings. The van der Waals surface area contributed by atoms with Crippen LogP contribution in [0.15, 0.2) is 35.0 Å². The Morgan fingerprint density at radius 2 is 2.03 bits per heavy atom. The number of fused-ring (bicyclic) bond motifs is 1. The summed E-state index contributed by atoms with van der Waals surface area (Å²) in [5.41, 5.74) is 2.86. The van der Waals surface area contributed by atoms with E-state index in [0.29, 0.717) is 22.5 Å². The highest BCUT2D eigenvalue weighted by Crippen LogP contribution is 2.26. The van der Waals surface area contributed by atoms with E-state index in [2.05, 4.69) is 25.5 Å². The van der Waals surface area contributed by atoms with Crippen molar-refractivity contribution in [2.24, 2.45) is 0 Å². The first-order valence-electron chi connectivity index (χ1n) is 10.3. The smallest absolute Gasteiger partial charge is 0.289 e. The van der Waals surface area contributed by atoms with E-state index in [1.165, 1.54) is 13.1 Å². The quantitative estimate of drug-likeness (QED) is 0.462. The van der Waals surface area contributed by atoms with Crippen LogP contribution in [0.4, 0.5) is 0 Å². The van der Waals surface area contributed by atoms with E-state index in [-0.39, 0.29) is 28.9 Å². The monoisotopic (exact) mass is 467 g/mol. The molecule has 0 radical (unpaired) electrons. The van der Waals surface area contributed by atoms with Crippen molar-refractivity contribution in [1.29, 1.82) is 0 Å². The highest BCUT2D eigenvalue weighted by molar-refractivity contribution is 6.31. The first-order valence-corrected chi connectivity index (χ1v) is 10.6. The molecule has 1 aromatic carbocycles. The van der Waals surface area contributed by atoms with Gasteiger partial charge in [-0.2, -0.15) is 5.10 Å². The third-order valence-corrected chi connectivity index (χ3v) is 5.54. The summed E-state index contributed by atoms with van der Waals surface area (Å²) < 4.78 is 6.96. The number of aromatic nitrogens is 5. The molecule has 0 aliphatic rings. The van der Waals surface area contributed by atoms with Crippen molar-refractivity contribution in [3.05, 3.63) is 58.2 Å². The average molecular weight is 468 g/mol. The van der Waals surface area contributed by atoms with Gasteiger partial charge in [0, 0.05) is 54.9 Å². The molecule has 0 saturated carbocycles. The molecule has 0 saturated heterocycles. The van der Waals surface area contributed by atoms with Crippen LogP contribution in [-0.2, 0) is 13.1 Å². The average Bonchev–Trinajstić information content (AvgIpc) is 3.44. The van der Waals surface area contributed by atoms with Gasteiger partial charge in [-0.15, -0.1) is 0 Å². The molecule has 0 aliphatic carbocycles. The van der Waals surface area contributed by atoms with E-state index in [0.717, 1.165) is 17.8 Å². The van der Waals surface area contributed by atoms with E-state index in [1.807, 2.05) is 18.5 Å². The Morgan fingerprint density at radius 1 is 1.24 bits per heavy atom. The summed E-state index contributed by atoms with van der Waals surface area (Å²) in [5.74, 6) is -0.568. The van der Waals surface area contributed by atoms with Gasteiger partial charge in [0.25, 0.3) is 11.8 Å². The van der Waals surface area contributed by atoms with Gasteiger partial charge in [0.2, 0.25) is 5.76 Å². The summed E-state index contributed by atoms with van der Waals surface area (Å²) in [5, 5.41) is 11.7. The van der Waals surface area contributed by atoms with Crippen LogP contribution in [0.25, 0.3) is 22.4 Å². The predicted octanol–water partition coefficient (Wildman–Crippen LogP) is 3.09. The summed E-state index contributed by atoms with van der Waals surface area (Å²) in [6.45, 7) is 5.08. The number of carbonyl (C=O) groups is 2. The lowest BCUT2D eigenvalue weighted by molar-refractivity contribution is 0.0781. The molecule has 0 aliphatic heterocycles. The van der Waals surface area contributed by atoms with E-state index in [9.17, 15) is 9.59 Å². The number of nitrogens with one attached hydrogen (secondary N) is 1. The SMILES string of the molecule is CCn1ncc(CN(C)C(=O)c2nc(-c3cc(C(=O)NC)on3)nc3ccc(Cl)cc23)c1C. The Morgan fingerprint density at radius 3 is 2.73 bits per heavy atom. The van der Waals surface area contributed by atoms with Gasteiger partial charge >= 0.3 is 0 Å². The largest absolute Gasteiger partial charge is 0.352 e. The lowest BCUT2D eigenvalue weighted by Gasteiger charge is -2.18. The fourth-order valence-electron chi connectivity index (χ4n) is 3.46. The van der Waals surface area contributed by atoms with Gasteiger partial charge in [-0.05, 0) is 32.0 Å². The molecular weight excluding hydrogens is 446 g/mol. The van der Waals surface area contributed by atoms with E-state index >= 15 is 0 Å². The molecule has 170 valence electrons. The summed E-state index contributed by atoms with van der Waals surface area (Å²) in [4.78, 5) is 35.8. The molecule has 0 unspecified atom stereocenters. The lowest BCUT2D eigenvalue weighted by Crippen LogP contribution is -2.27. The van der Waals surface area contributed by atoms with Crippen LogP contribution >= 0.6 is 11.6 Å². The third kappa shape index (κ3) is 4.29.